The Morgan fingerprint density at radius 1 is 1.26 bits per heavy atom. The van der Waals surface area contributed by atoms with Crippen LogP contribution < -0.4 is 20.1 Å². The molecule has 2 aromatic rings. The lowest BCUT2D eigenvalue weighted by atomic mass is 10.2. The largest absolute Gasteiger partial charge is 0.490 e. The van der Waals surface area contributed by atoms with Crippen molar-refractivity contribution in [1.82, 2.24) is 5.32 Å². The Morgan fingerprint density at radius 3 is 2.69 bits per heavy atom. The minimum atomic E-state index is -1.06. The molecule has 0 spiro atoms. The van der Waals surface area contributed by atoms with Crippen LogP contribution in [-0.2, 0) is 14.4 Å². The zero-order valence-corrected chi connectivity index (χ0v) is 21.3. The number of ether oxygens (including phenoxy) is 2. The van der Waals surface area contributed by atoms with Gasteiger partial charge in [0.25, 0.3) is 5.91 Å². The van der Waals surface area contributed by atoms with Gasteiger partial charge in [-0.25, -0.2) is 0 Å². The van der Waals surface area contributed by atoms with E-state index in [1.165, 1.54) is 6.21 Å². The topological polar surface area (TPSA) is 139 Å². The number of amidine groups is 1. The molecule has 184 valence electrons. The minimum absolute atomic E-state index is 0.220. The van der Waals surface area contributed by atoms with Gasteiger partial charge < -0.3 is 25.2 Å². The number of aryl methyl sites for hydroxylation is 1. The molecule has 1 heterocycles. The molecular formula is C23H23BrN4O6S. The molecule has 3 N–H and O–H groups in total. The average molecular weight is 563 g/mol. The van der Waals surface area contributed by atoms with Crippen molar-refractivity contribution >= 4 is 62.5 Å². The van der Waals surface area contributed by atoms with Crippen LogP contribution in [-0.4, -0.2) is 52.7 Å². The van der Waals surface area contributed by atoms with Crippen LogP contribution in [0.25, 0.3) is 0 Å². The molecule has 2 amide bonds. The zero-order chi connectivity index (χ0) is 25.4. The van der Waals surface area contributed by atoms with Crippen LogP contribution in [0.1, 0.15) is 24.5 Å². The molecule has 0 radical (unpaired) electrons. The van der Waals surface area contributed by atoms with Crippen LogP contribution in [0.3, 0.4) is 0 Å². The molecule has 1 saturated heterocycles. The number of hydrogen-bond donors (Lipinski definition) is 3. The molecule has 35 heavy (non-hydrogen) atoms. The van der Waals surface area contributed by atoms with Gasteiger partial charge >= 0.3 is 5.97 Å². The molecule has 3 rings (SSSR count). The maximum Gasteiger partial charge on any atom is 0.305 e. The summed E-state index contributed by atoms with van der Waals surface area (Å²) < 4.78 is 11.9. The van der Waals surface area contributed by atoms with Crippen LogP contribution in [0.15, 0.2) is 51.1 Å². The first-order valence-corrected chi connectivity index (χ1v) is 12.2. The molecule has 10 nitrogen and oxygen atoms in total. The molecule has 1 unspecified atom stereocenters. The number of carbonyl (C=O) groups is 3. The normalized spacial score (nSPS) is 16.4. The van der Waals surface area contributed by atoms with E-state index in [4.69, 9.17) is 14.6 Å². The summed E-state index contributed by atoms with van der Waals surface area (Å²) in [5.74, 6) is -1.03. The highest BCUT2D eigenvalue weighted by Crippen LogP contribution is 2.36. The zero-order valence-electron chi connectivity index (χ0n) is 18.9. The van der Waals surface area contributed by atoms with Crippen LogP contribution in [0, 0.1) is 6.92 Å². The Labute approximate surface area is 214 Å². The van der Waals surface area contributed by atoms with Gasteiger partial charge in [0.2, 0.25) is 5.91 Å². The Morgan fingerprint density at radius 2 is 2.00 bits per heavy atom. The Hall–Kier alpha value is -3.38. The fraction of sp³-hybridized carbons (Fsp3) is 0.261. The summed E-state index contributed by atoms with van der Waals surface area (Å²) in [6, 6.07) is 10.8. The van der Waals surface area contributed by atoms with E-state index in [2.05, 4.69) is 36.8 Å². The van der Waals surface area contributed by atoms with E-state index >= 15 is 0 Å². The lowest BCUT2D eigenvalue weighted by Crippen LogP contribution is -2.26. The van der Waals surface area contributed by atoms with Gasteiger partial charge in [0.15, 0.2) is 23.3 Å². The molecule has 1 aliphatic heterocycles. The third kappa shape index (κ3) is 7.82. The predicted octanol–water partition coefficient (Wildman–Crippen LogP) is 3.57. The third-order valence-electron chi connectivity index (χ3n) is 4.51. The van der Waals surface area contributed by atoms with Crippen LogP contribution in [0.2, 0.25) is 0 Å². The van der Waals surface area contributed by atoms with Crippen LogP contribution in [0.4, 0.5) is 5.69 Å². The smallest absolute Gasteiger partial charge is 0.305 e. The highest BCUT2D eigenvalue weighted by atomic mass is 79.9. The molecule has 12 heteroatoms. The van der Waals surface area contributed by atoms with E-state index in [0.717, 1.165) is 17.3 Å². The summed E-state index contributed by atoms with van der Waals surface area (Å²) in [5.41, 5.74) is 2.39. The molecule has 0 aromatic heterocycles. The van der Waals surface area contributed by atoms with E-state index in [1.807, 2.05) is 38.1 Å². The second-order valence-electron chi connectivity index (χ2n) is 7.31. The highest BCUT2D eigenvalue weighted by molar-refractivity contribution is 9.10. The number of aliphatic carboxylic acids is 1. The van der Waals surface area contributed by atoms with E-state index < -0.39 is 17.1 Å². The summed E-state index contributed by atoms with van der Waals surface area (Å²) in [6.07, 6.45) is 1.15. The van der Waals surface area contributed by atoms with Crippen molar-refractivity contribution in [3.63, 3.8) is 0 Å². The molecule has 0 bridgehead atoms. The van der Waals surface area contributed by atoms with Crippen molar-refractivity contribution in [3.05, 3.63) is 52.0 Å². The second kappa shape index (κ2) is 12.4. The quantitative estimate of drug-likeness (QED) is 0.297. The average Bonchev–Trinajstić information content (AvgIpc) is 3.13. The van der Waals surface area contributed by atoms with Gasteiger partial charge in [0, 0.05) is 5.69 Å². The molecule has 0 saturated carbocycles. The maximum atomic E-state index is 12.3. The summed E-state index contributed by atoms with van der Waals surface area (Å²) in [7, 11) is 0. The Balaban J connectivity index is 1.66. The van der Waals surface area contributed by atoms with Gasteiger partial charge in [0.1, 0.15) is 5.25 Å². The van der Waals surface area contributed by atoms with Crippen LogP contribution in [0.5, 0.6) is 11.5 Å². The fourth-order valence-corrected chi connectivity index (χ4v) is 4.42. The number of carbonyl (C=O) groups excluding carboxylic acids is 2. The van der Waals surface area contributed by atoms with Gasteiger partial charge in [-0.15, -0.1) is 5.10 Å². The third-order valence-corrected chi connectivity index (χ3v) is 6.17. The number of thioether (sulfide) groups is 1. The Bertz CT molecular complexity index is 1170. The first kappa shape index (κ1) is 26.2. The van der Waals surface area contributed by atoms with E-state index in [-0.39, 0.29) is 24.1 Å². The maximum absolute atomic E-state index is 12.3. The van der Waals surface area contributed by atoms with Crippen LogP contribution >= 0.6 is 27.7 Å². The van der Waals surface area contributed by atoms with Gasteiger partial charge in [-0.05, 0) is 59.6 Å². The van der Waals surface area contributed by atoms with Gasteiger partial charge in [-0.3, -0.25) is 14.4 Å². The number of carboxylic acids is 1. The number of amides is 2. The predicted molar refractivity (Wildman–Crippen MR) is 137 cm³/mol. The lowest BCUT2D eigenvalue weighted by molar-refractivity contribution is -0.138. The van der Waals surface area contributed by atoms with Crippen molar-refractivity contribution in [1.29, 1.82) is 0 Å². The van der Waals surface area contributed by atoms with Gasteiger partial charge in [-0.1, -0.05) is 29.5 Å². The van der Waals surface area contributed by atoms with E-state index in [0.29, 0.717) is 33.8 Å². The monoisotopic (exact) mass is 562 g/mol. The first-order chi connectivity index (χ1) is 16.7. The minimum Gasteiger partial charge on any atom is -0.490 e. The lowest BCUT2D eigenvalue weighted by Gasteiger charge is -2.14. The molecule has 0 aliphatic carbocycles. The van der Waals surface area contributed by atoms with E-state index in [9.17, 15) is 14.4 Å². The summed E-state index contributed by atoms with van der Waals surface area (Å²) in [6.45, 7) is 3.94. The van der Waals surface area contributed by atoms with Crippen molar-refractivity contribution < 1.29 is 29.0 Å². The summed E-state index contributed by atoms with van der Waals surface area (Å²) >= 11 is 4.45. The van der Waals surface area contributed by atoms with E-state index in [1.54, 1.807) is 12.1 Å². The number of benzene rings is 2. The van der Waals surface area contributed by atoms with Crippen molar-refractivity contribution in [2.24, 2.45) is 10.2 Å². The summed E-state index contributed by atoms with van der Waals surface area (Å²) in [4.78, 5) is 34.9. The standard InChI is InChI=1S/C23H23BrN4O6S/c1-3-33-17-9-14(11-25-28-23-27-22(32)18(35-23)10-20(30)31)8-16(24)21(17)34-12-19(29)26-15-6-4-13(2)5-7-15/h4-9,11,18H,3,10,12H2,1-2H3,(H,26,29)(H,30,31)(H,27,28,32). The van der Waals surface area contributed by atoms with Crippen molar-refractivity contribution in [3.8, 4) is 11.5 Å². The van der Waals surface area contributed by atoms with Gasteiger partial charge in [0.05, 0.1) is 23.7 Å². The Kier molecular flexibility index (Phi) is 9.26. The number of carboxylic acid groups (broad SMARTS) is 1. The van der Waals surface area contributed by atoms with Crippen molar-refractivity contribution in [2.45, 2.75) is 25.5 Å². The second-order valence-corrected chi connectivity index (χ2v) is 9.35. The number of anilines is 1. The number of hydrogen-bond acceptors (Lipinski definition) is 8. The highest BCUT2D eigenvalue weighted by Gasteiger charge is 2.32. The molecule has 2 aromatic carbocycles. The first-order valence-electron chi connectivity index (χ1n) is 10.5. The van der Waals surface area contributed by atoms with Gasteiger partial charge in [-0.2, -0.15) is 5.10 Å². The SMILES string of the molecule is CCOc1cc(C=NN=C2NC(=O)C(CC(=O)O)S2)cc(Br)c1OCC(=O)Nc1ccc(C)cc1. The number of nitrogens with zero attached hydrogens (tertiary/aromatic N) is 2. The molecule has 1 atom stereocenters. The summed E-state index contributed by atoms with van der Waals surface area (Å²) in [5, 5.41) is 21.5. The van der Waals surface area contributed by atoms with Crippen molar-refractivity contribution in [2.75, 3.05) is 18.5 Å². The fourth-order valence-electron chi connectivity index (χ4n) is 2.93. The molecule has 1 aliphatic rings. The number of nitrogens with one attached hydrogen (secondary N) is 2. The number of rotatable bonds is 10. The number of halogens is 1. The molecule has 1 fully saturated rings. The molecular weight excluding hydrogens is 540 g/mol.